The van der Waals surface area contributed by atoms with E-state index in [4.69, 9.17) is 4.74 Å². The van der Waals surface area contributed by atoms with Gasteiger partial charge in [-0.2, -0.15) is 0 Å². The summed E-state index contributed by atoms with van der Waals surface area (Å²) in [4.78, 5) is 12.8. The summed E-state index contributed by atoms with van der Waals surface area (Å²) in [6.07, 6.45) is 0.0201. The quantitative estimate of drug-likeness (QED) is 0.531. The second-order valence-electron chi connectivity index (χ2n) is 7.54. The molecule has 0 aliphatic rings. The molecule has 0 aliphatic heterocycles. The summed E-state index contributed by atoms with van der Waals surface area (Å²) in [5.74, 6) is -0.384. The fourth-order valence-electron chi connectivity index (χ4n) is 2.98. The molecule has 0 saturated carbocycles. The molecule has 0 heterocycles. The van der Waals surface area contributed by atoms with Crippen molar-refractivity contribution in [2.45, 2.75) is 31.8 Å². The maximum Gasteiger partial charge on any atom is 0.264 e. The van der Waals surface area contributed by atoms with E-state index in [1.807, 2.05) is 20.8 Å². The molecule has 1 amide bonds. The number of hydrogen-bond acceptors (Lipinski definition) is 4. The summed E-state index contributed by atoms with van der Waals surface area (Å²) in [5, 5.41) is 2.69. The van der Waals surface area contributed by atoms with Crippen LogP contribution in [0.4, 0.5) is 15.8 Å². The highest BCUT2D eigenvalue weighted by Crippen LogP contribution is 2.25. The highest BCUT2D eigenvalue weighted by molar-refractivity contribution is 7.92. The number of aryl methyl sites for hydroxylation is 1. The first-order valence-corrected chi connectivity index (χ1v) is 11.5. The number of rotatable bonds is 8. The van der Waals surface area contributed by atoms with Crippen LogP contribution in [-0.4, -0.2) is 27.0 Å². The molecule has 0 aromatic heterocycles. The van der Waals surface area contributed by atoms with Crippen LogP contribution in [0.15, 0.2) is 77.7 Å². The van der Waals surface area contributed by atoms with Crippen LogP contribution < -0.4 is 14.4 Å². The molecular weight excluding hydrogens is 431 g/mol. The second kappa shape index (κ2) is 9.82. The van der Waals surface area contributed by atoms with Crippen LogP contribution in [0.25, 0.3) is 0 Å². The Hall–Kier alpha value is -3.39. The third kappa shape index (κ3) is 5.85. The molecule has 0 aliphatic carbocycles. The minimum atomic E-state index is -4.06. The fourth-order valence-corrected chi connectivity index (χ4v) is 4.40. The molecule has 3 rings (SSSR count). The van der Waals surface area contributed by atoms with Gasteiger partial charge in [-0.05, 0) is 81.4 Å². The highest BCUT2D eigenvalue weighted by Gasteiger charge is 2.27. The number of amides is 1. The van der Waals surface area contributed by atoms with Gasteiger partial charge in [-0.15, -0.1) is 0 Å². The highest BCUT2D eigenvalue weighted by atomic mass is 32.2. The molecular formula is C24H25FN2O4S. The van der Waals surface area contributed by atoms with Gasteiger partial charge in [0.1, 0.15) is 18.1 Å². The number of hydrogen-bond donors (Lipinski definition) is 1. The number of carbonyl (C=O) groups excluding carboxylic acids is 1. The van der Waals surface area contributed by atoms with Gasteiger partial charge in [0.05, 0.1) is 16.7 Å². The summed E-state index contributed by atoms with van der Waals surface area (Å²) in [7, 11) is -4.06. The van der Waals surface area contributed by atoms with E-state index in [0.29, 0.717) is 11.4 Å². The lowest BCUT2D eigenvalue weighted by molar-refractivity contribution is -0.114. The lowest BCUT2D eigenvalue weighted by Gasteiger charge is -2.24. The first kappa shape index (κ1) is 23.3. The van der Waals surface area contributed by atoms with Crippen molar-refractivity contribution < 1.29 is 22.3 Å². The molecule has 0 saturated heterocycles. The van der Waals surface area contributed by atoms with Crippen molar-refractivity contribution in [3.05, 3.63) is 84.2 Å². The van der Waals surface area contributed by atoms with Crippen LogP contribution in [0.5, 0.6) is 5.75 Å². The Morgan fingerprint density at radius 2 is 1.56 bits per heavy atom. The van der Waals surface area contributed by atoms with Crippen molar-refractivity contribution in [2.75, 3.05) is 16.2 Å². The minimum absolute atomic E-state index is 0.0201. The van der Waals surface area contributed by atoms with Gasteiger partial charge >= 0.3 is 0 Å². The molecule has 0 fully saturated rings. The van der Waals surface area contributed by atoms with Crippen LogP contribution in [0.2, 0.25) is 0 Å². The van der Waals surface area contributed by atoms with Crippen molar-refractivity contribution in [3.8, 4) is 5.75 Å². The summed E-state index contributed by atoms with van der Waals surface area (Å²) in [6, 6.07) is 18.0. The molecule has 1 N–H and O–H groups in total. The molecule has 3 aromatic rings. The fraction of sp³-hybridized carbons (Fsp3) is 0.208. The van der Waals surface area contributed by atoms with Gasteiger partial charge in [-0.25, -0.2) is 12.8 Å². The van der Waals surface area contributed by atoms with Crippen LogP contribution in [0.1, 0.15) is 19.4 Å². The largest absolute Gasteiger partial charge is 0.491 e. The number of benzene rings is 3. The van der Waals surface area contributed by atoms with E-state index in [9.17, 15) is 17.6 Å². The molecule has 32 heavy (non-hydrogen) atoms. The molecule has 0 radical (unpaired) electrons. The zero-order chi connectivity index (χ0) is 23.3. The Morgan fingerprint density at radius 3 is 2.12 bits per heavy atom. The van der Waals surface area contributed by atoms with E-state index in [2.05, 4.69) is 5.32 Å². The van der Waals surface area contributed by atoms with Crippen LogP contribution in [-0.2, 0) is 14.8 Å². The average Bonchev–Trinajstić information content (AvgIpc) is 2.74. The van der Waals surface area contributed by atoms with Gasteiger partial charge in [0.15, 0.2) is 0 Å². The lowest BCUT2D eigenvalue weighted by atomic mass is 10.2. The Kier molecular flexibility index (Phi) is 7.15. The zero-order valence-corrected chi connectivity index (χ0v) is 18.9. The van der Waals surface area contributed by atoms with Crippen molar-refractivity contribution in [2.24, 2.45) is 0 Å². The number of carbonyl (C=O) groups is 1. The molecule has 0 atom stereocenters. The number of sulfonamides is 1. The third-order valence-electron chi connectivity index (χ3n) is 4.52. The van der Waals surface area contributed by atoms with Gasteiger partial charge < -0.3 is 10.1 Å². The smallest absolute Gasteiger partial charge is 0.264 e. The summed E-state index contributed by atoms with van der Waals surface area (Å²) >= 11 is 0. The standard InChI is InChI=1S/C24H25FN2O4S/c1-17(2)31-22-12-8-20(9-13-22)26-24(28)16-27(21-10-6-19(25)7-11-21)32(29,30)23-14-4-18(3)5-15-23/h4-15,17H,16H2,1-3H3,(H,26,28). The van der Waals surface area contributed by atoms with E-state index in [1.165, 1.54) is 24.3 Å². The van der Waals surface area contributed by atoms with Crippen LogP contribution in [0, 0.1) is 12.7 Å². The Bertz CT molecular complexity index is 1160. The predicted octanol–water partition coefficient (Wildman–Crippen LogP) is 4.76. The topological polar surface area (TPSA) is 75.7 Å². The number of halogens is 1. The Balaban J connectivity index is 1.84. The predicted molar refractivity (Wildman–Crippen MR) is 123 cm³/mol. The van der Waals surface area contributed by atoms with E-state index < -0.39 is 28.3 Å². The van der Waals surface area contributed by atoms with Crippen molar-refractivity contribution in [1.29, 1.82) is 0 Å². The van der Waals surface area contributed by atoms with Crippen LogP contribution in [0.3, 0.4) is 0 Å². The van der Waals surface area contributed by atoms with Crippen LogP contribution >= 0.6 is 0 Å². The Labute approximate surface area is 187 Å². The summed E-state index contributed by atoms with van der Waals surface area (Å²) in [6.45, 7) is 5.19. The molecule has 0 bridgehead atoms. The molecule has 0 unspecified atom stereocenters. The molecule has 3 aromatic carbocycles. The summed E-state index contributed by atoms with van der Waals surface area (Å²) < 4.78 is 46.6. The molecule has 6 nitrogen and oxygen atoms in total. The summed E-state index contributed by atoms with van der Waals surface area (Å²) in [5.41, 5.74) is 1.58. The SMILES string of the molecule is Cc1ccc(S(=O)(=O)N(CC(=O)Nc2ccc(OC(C)C)cc2)c2ccc(F)cc2)cc1. The van der Waals surface area contributed by atoms with E-state index in [-0.39, 0.29) is 16.7 Å². The van der Waals surface area contributed by atoms with Gasteiger partial charge in [0.2, 0.25) is 5.91 Å². The van der Waals surface area contributed by atoms with E-state index >= 15 is 0 Å². The zero-order valence-electron chi connectivity index (χ0n) is 18.1. The van der Waals surface area contributed by atoms with Crippen molar-refractivity contribution in [1.82, 2.24) is 0 Å². The van der Waals surface area contributed by atoms with Crippen molar-refractivity contribution >= 4 is 27.3 Å². The maximum atomic E-state index is 13.4. The van der Waals surface area contributed by atoms with Gasteiger partial charge in [0, 0.05) is 5.69 Å². The van der Waals surface area contributed by atoms with E-state index in [1.54, 1.807) is 36.4 Å². The van der Waals surface area contributed by atoms with Gasteiger partial charge in [-0.3, -0.25) is 9.10 Å². The van der Waals surface area contributed by atoms with E-state index in [0.717, 1.165) is 22.0 Å². The maximum absolute atomic E-state index is 13.4. The third-order valence-corrected chi connectivity index (χ3v) is 6.31. The number of nitrogens with one attached hydrogen (secondary N) is 1. The van der Waals surface area contributed by atoms with Crippen molar-refractivity contribution in [3.63, 3.8) is 0 Å². The first-order chi connectivity index (χ1) is 15.1. The number of anilines is 2. The molecule has 8 heteroatoms. The Morgan fingerprint density at radius 1 is 0.969 bits per heavy atom. The number of ether oxygens (including phenoxy) is 1. The number of nitrogens with zero attached hydrogens (tertiary/aromatic N) is 1. The normalized spacial score (nSPS) is 11.3. The van der Waals surface area contributed by atoms with Gasteiger partial charge in [-0.1, -0.05) is 17.7 Å². The van der Waals surface area contributed by atoms with Gasteiger partial charge in [0.25, 0.3) is 10.0 Å². The lowest BCUT2D eigenvalue weighted by Crippen LogP contribution is -2.38. The molecule has 168 valence electrons. The molecule has 0 spiro atoms. The second-order valence-corrected chi connectivity index (χ2v) is 9.40. The first-order valence-electron chi connectivity index (χ1n) is 10.1. The minimum Gasteiger partial charge on any atom is -0.491 e. The monoisotopic (exact) mass is 456 g/mol. The average molecular weight is 457 g/mol.